The first kappa shape index (κ1) is 20.4. The highest BCUT2D eigenvalue weighted by Crippen LogP contribution is 2.30. The molecule has 154 valence electrons. The van der Waals surface area contributed by atoms with E-state index in [0.717, 1.165) is 28.8 Å². The molecule has 1 aromatic heterocycles. The Hall–Kier alpha value is -2.92. The van der Waals surface area contributed by atoms with Crippen molar-refractivity contribution in [3.8, 4) is 0 Å². The van der Waals surface area contributed by atoms with Crippen LogP contribution in [0.15, 0.2) is 60.0 Å². The molecule has 1 aliphatic rings. The molecule has 1 heterocycles. The van der Waals surface area contributed by atoms with Crippen LogP contribution >= 0.6 is 11.3 Å². The minimum atomic E-state index is -0.244. The third kappa shape index (κ3) is 4.79. The molecule has 4 rings (SSSR count). The maximum atomic E-state index is 12.7. The number of hydrogen-bond acceptors (Lipinski definition) is 3. The standard InChI is InChI=1S/C25H26N2O2S/c1-17-8-10-19(11-9-17)25(29)26-16-23(28)27-24(22-7-4-14-30-22)21-13-12-18-5-2-3-6-20(18)15-21/h4,7-15,24H,2-3,5-6,16H2,1H3,(H,26,29)(H,27,28). The zero-order valence-electron chi connectivity index (χ0n) is 17.1. The Bertz CT molecular complexity index is 1030. The van der Waals surface area contributed by atoms with Crippen LogP contribution in [0.25, 0.3) is 0 Å². The predicted molar refractivity (Wildman–Crippen MR) is 121 cm³/mol. The summed E-state index contributed by atoms with van der Waals surface area (Å²) in [6, 6.07) is 17.7. The number of carbonyl (C=O) groups excluding carboxylic acids is 2. The lowest BCUT2D eigenvalue weighted by Gasteiger charge is -2.22. The molecule has 2 aromatic carbocycles. The normalized spacial score (nSPS) is 13.9. The van der Waals surface area contributed by atoms with E-state index in [0.29, 0.717) is 5.56 Å². The molecule has 2 N–H and O–H groups in total. The van der Waals surface area contributed by atoms with E-state index in [1.54, 1.807) is 23.5 Å². The first-order valence-corrected chi connectivity index (χ1v) is 11.3. The zero-order chi connectivity index (χ0) is 20.9. The number of thiophene rings is 1. The quantitative estimate of drug-likeness (QED) is 0.616. The van der Waals surface area contributed by atoms with Gasteiger partial charge in [-0.2, -0.15) is 0 Å². The first-order valence-electron chi connectivity index (χ1n) is 10.4. The van der Waals surface area contributed by atoms with Gasteiger partial charge in [-0.15, -0.1) is 11.3 Å². The summed E-state index contributed by atoms with van der Waals surface area (Å²) < 4.78 is 0. The van der Waals surface area contributed by atoms with E-state index >= 15 is 0 Å². The Morgan fingerprint density at radius 1 is 1.00 bits per heavy atom. The highest BCUT2D eigenvalue weighted by Gasteiger charge is 2.20. The highest BCUT2D eigenvalue weighted by molar-refractivity contribution is 7.10. The monoisotopic (exact) mass is 418 g/mol. The van der Waals surface area contributed by atoms with Gasteiger partial charge in [0.1, 0.15) is 0 Å². The Kier molecular flexibility index (Phi) is 6.29. The van der Waals surface area contributed by atoms with Crippen LogP contribution in [0.5, 0.6) is 0 Å². The fourth-order valence-electron chi connectivity index (χ4n) is 3.89. The molecule has 0 saturated heterocycles. The van der Waals surface area contributed by atoms with E-state index in [4.69, 9.17) is 0 Å². The lowest BCUT2D eigenvalue weighted by atomic mass is 9.89. The van der Waals surface area contributed by atoms with Gasteiger partial charge in [-0.25, -0.2) is 0 Å². The average molecular weight is 419 g/mol. The van der Waals surface area contributed by atoms with Crippen LogP contribution in [0.1, 0.15) is 56.4 Å². The van der Waals surface area contributed by atoms with E-state index in [-0.39, 0.29) is 24.4 Å². The average Bonchev–Trinajstić information content (AvgIpc) is 3.30. The Labute approximate surface area is 181 Å². The Morgan fingerprint density at radius 2 is 1.77 bits per heavy atom. The van der Waals surface area contributed by atoms with Crippen LogP contribution in [-0.4, -0.2) is 18.4 Å². The summed E-state index contributed by atoms with van der Waals surface area (Å²) in [5.41, 5.74) is 5.55. The van der Waals surface area contributed by atoms with Crippen LogP contribution in [0.3, 0.4) is 0 Å². The van der Waals surface area contributed by atoms with Crippen molar-refractivity contribution in [1.82, 2.24) is 10.6 Å². The van der Waals surface area contributed by atoms with Gasteiger partial charge >= 0.3 is 0 Å². The van der Waals surface area contributed by atoms with Crippen LogP contribution < -0.4 is 10.6 Å². The molecule has 0 bridgehead atoms. The third-order valence-corrected chi connectivity index (χ3v) is 6.50. The van der Waals surface area contributed by atoms with Crippen LogP contribution in [0, 0.1) is 6.92 Å². The van der Waals surface area contributed by atoms with Crippen molar-refractivity contribution in [2.24, 2.45) is 0 Å². The second-order valence-electron chi connectivity index (χ2n) is 7.80. The van der Waals surface area contributed by atoms with Crippen molar-refractivity contribution in [3.63, 3.8) is 0 Å². The fourth-order valence-corrected chi connectivity index (χ4v) is 4.69. The zero-order valence-corrected chi connectivity index (χ0v) is 17.9. The molecule has 0 radical (unpaired) electrons. The summed E-state index contributed by atoms with van der Waals surface area (Å²) in [6.07, 6.45) is 4.70. The van der Waals surface area contributed by atoms with Crippen LogP contribution in [-0.2, 0) is 17.6 Å². The minimum absolute atomic E-state index is 0.0560. The van der Waals surface area contributed by atoms with Crippen molar-refractivity contribution in [2.75, 3.05) is 6.54 Å². The summed E-state index contributed by atoms with van der Waals surface area (Å²) >= 11 is 1.63. The van der Waals surface area contributed by atoms with Gasteiger partial charge in [0.25, 0.3) is 5.91 Å². The number of nitrogens with one attached hydrogen (secondary N) is 2. The van der Waals surface area contributed by atoms with E-state index in [1.807, 2.05) is 36.6 Å². The van der Waals surface area contributed by atoms with Gasteiger partial charge in [0, 0.05) is 10.4 Å². The Balaban J connectivity index is 1.45. The van der Waals surface area contributed by atoms with Gasteiger partial charge in [0.2, 0.25) is 5.91 Å². The molecule has 1 unspecified atom stereocenters. The largest absolute Gasteiger partial charge is 0.343 e. The lowest BCUT2D eigenvalue weighted by molar-refractivity contribution is -0.120. The van der Waals surface area contributed by atoms with Gasteiger partial charge in [0.15, 0.2) is 0 Å². The van der Waals surface area contributed by atoms with Crippen molar-refractivity contribution < 1.29 is 9.59 Å². The molecule has 2 amide bonds. The summed E-state index contributed by atoms with van der Waals surface area (Å²) in [6.45, 7) is 1.92. The third-order valence-electron chi connectivity index (χ3n) is 5.56. The second-order valence-corrected chi connectivity index (χ2v) is 8.78. The highest BCUT2D eigenvalue weighted by atomic mass is 32.1. The van der Waals surface area contributed by atoms with Crippen molar-refractivity contribution >= 4 is 23.2 Å². The van der Waals surface area contributed by atoms with Gasteiger partial charge in [0.05, 0.1) is 12.6 Å². The fraction of sp³-hybridized carbons (Fsp3) is 0.280. The molecule has 5 heteroatoms. The molecule has 3 aromatic rings. The smallest absolute Gasteiger partial charge is 0.251 e. The number of fused-ring (bicyclic) bond motifs is 1. The predicted octanol–water partition coefficient (Wildman–Crippen LogP) is 4.57. The molecular formula is C25H26N2O2S. The minimum Gasteiger partial charge on any atom is -0.343 e. The summed E-state index contributed by atoms with van der Waals surface area (Å²) in [4.78, 5) is 26.1. The maximum absolute atomic E-state index is 12.7. The molecular weight excluding hydrogens is 392 g/mol. The number of rotatable bonds is 6. The Morgan fingerprint density at radius 3 is 2.50 bits per heavy atom. The van der Waals surface area contributed by atoms with Crippen molar-refractivity contribution in [3.05, 3.63) is 92.7 Å². The van der Waals surface area contributed by atoms with Crippen LogP contribution in [0.4, 0.5) is 0 Å². The molecule has 0 aliphatic heterocycles. The molecule has 1 aliphatic carbocycles. The van der Waals surface area contributed by atoms with Gasteiger partial charge in [-0.3, -0.25) is 9.59 Å². The van der Waals surface area contributed by atoms with Gasteiger partial charge in [-0.1, -0.05) is 42.0 Å². The molecule has 30 heavy (non-hydrogen) atoms. The van der Waals surface area contributed by atoms with E-state index < -0.39 is 0 Å². The van der Waals surface area contributed by atoms with Gasteiger partial charge in [-0.05, 0) is 72.9 Å². The molecule has 0 fully saturated rings. The number of amides is 2. The van der Waals surface area contributed by atoms with Crippen molar-refractivity contribution in [2.45, 2.75) is 38.6 Å². The summed E-state index contributed by atoms with van der Waals surface area (Å²) in [7, 11) is 0. The summed E-state index contributed by atoms with van der Waals surface area (Å²) in [5.74, 6) is -0.446. The number of benzene rings is 2. The van der Waals surface area contributed by atoms with E-state index in [1.165, 1.54) is 24.0 Å². The van der Waals surface area contributed by atoms with E-state index in [2.05, 4.69) is 28.8 Å². The topological polar surface area (TPSA) is 58.2 Å². The maximum Gasteiger partial charge on any atom is 0.251 e. The van der Waals surface area contributed by atoms with Crippen molar-refractivity contribution in [1.29, 1.82) is 0 Å². The van der Waals surface area contributed by atoms with E-state index in [9.17, 15) is 9.59 Å². The number of aryl methyl sites for hydroxylation is 3. The molecule has 1 atom stereocenters. The molecule has 0 spiro atoms. The number of carbonyl (C=O) groups is 2. The second kappa shape index (κ2) is 9.26. The number of hydrogen-bond donors (Lipinski definition) is 2. The summed E-state index contributed by atoms with van der Waals surface area (Å²) in [5, 5.41) is 7.86. The first-order chi connectivity index (χ1) is 14.6. The van der Waals surface area contributed by atoms with Gasteiger partial charge < -0.3 is 10.6 Å². The SMILES string of the molecule is Cc1ccc(C(=O)NCC(=O)NC(c2ccc3c(c2)CCCC3)c2cccs2)cc1. The molecule has 0 saturated carbocycles. The molecule has 4 nitrogen and oxygen atoms in total. The lowest BCUT2D eigenvalue weighted by Crippen LogP contribution is -2.38. The van der Waals surface area contributed by atoms with Crippen LogP contribution in [0.2, 0.25) is 0 Å².